The van der Waals surface area contributed by atoms with Crippen molar-refractivity contribution in [2.24, 2.45) is 0 Å². The summed E-state index contributed by atoms with van der Waals surface area (Å²) >= 11 is 1.67. The maximum absolute atomic E-state index is 4.44. The molecule has 0 radical (unpaired) electrons. The highest BCUT2D eigenvalue weighted by molar-refractivity contribution is 7.98. The van der Waals surface area contributed by atoms with Gasteiger partial charge in [0.25, 0.3) is 0 Å². The summed E-state index contributed by atoms with van der Waals surface area (Å²) < 4.78 is 0. The Balaban J connectivity index is 1.99. The van der Waals surface area contributed by atoms with Gasteiger partial charge in [0, 0.05) is 31.5 Å². The highest BCUT2D eigenvalue weighted by atomic mass is 32.2. The summed E-state index contributed by atoms with van der Waals surface area (Å²) in [5.74, 6) is 0. The van der Waals surface area contributed by atoms with Crippen LogP contribution < -0.4 is 5.32 Å². The number of piperidine rings is 1. The van der Waals surface area contributed by atoms with Crippen molar-refractivity contribution in [2.75, 3.05) is 26.4 Å². The number of nitrogens with zero attached hydrogens (tertiary/aromatic N) is 3. The number of thioether (sulfide) groups is 1. The molecule has 1 aromatic rings. The van der Waals surface area contributed by atoms with Crippen molar-refractivity contribution < 1.29 is 0 Å². The number of nitrogens with one attached hydrogen (secondary N) is 1. The molecule has 0 spiro atoms. The van der Waals surface area contributed by atoms with Crippen LogP contribution in [0.15, 0.2) is 17.4 Å². The maximum atomic E-state index is 4.44. The molecule has 0 unspecified atom stereocenters. The molecule has 0 bridgehead atoms. The summed E-state index contributed by atoms with van der Waals surface area (Å²) in [4.78, 5) is 11.2. The molecule has 1 N–H and O–H groups in total. The van der Waals surface area contributed by atoms with Gasteiger partial charge in [-0.15, -0.1) is 11.8 Å². The standard InChI is InChI=1S/C12H20N4S/c1-16(10-4-3-5-13-8-10)9-11-12(17-2)15-7-6-14-11/h6-7,10,13H,3-5,8-9H2,1-2H3/t10-/m1/s1. The van der Waals surface area contributed by atoms with E-state index in [0.717, 1.165) is 30.4 Å². The molecule has 0 aliphatic carbocycles. The van der Waals surface area contributed by atoms with E-state index in [4.69, 9.17) is 0 Å². The van der Waals surface area contributed by atoms with Crippen molar-refractivity contribution >= 4 is 11.8 Å². The molecule has 1 saturated heterocycles. The first-order valence-electron chi connectivity index (χ1n) is 6.06. The Morgan fingerprint density at radius 3 is 3.00 bits per heavy atom. The maximum Gasteiger partial charge on any atom is 0.119 e. The molecule has 1 aliphatic rings. The molecule has 1 aliphatic heterocycles. The minimum atomic E-state index is 0.625. The lowest BCUT2D eigenvalue weighted by molar-refractivity contribution is 0.192. The fourth-order valence-electron chi connectivity index (χ4n) is 2.21. The van der Waals surface area contributed by atoms with Crippen LogP contribution in [0.1, 0.15) is 18.5 Å². The molecule has 0 amide bonds. The second kappa shape index (κ2) is 6.33. The lowest BCUT2D eigenvalue weighted by Gasteiger charge is -2.31. The van der Waals surface area contributed by atoms with Crippen LogP contribution in [-0.4, -0.2) is 47.3 Å². The van der Waals surface area contributed by atoms with Crippen molar-refractivity contribution in [3.05, 3.63) is 18.1 Å². The summed E-state index contributed by atoms with van der Waals surface area (Å²) in [5.41, 5.74) is 1.09. The molecule has 1 atom stereocenters. The molecule has 0 aromatic carbocycles. The predicted octanol–water partition coefficient (Wildman–Crippen LogP) is 1.38. The van der Waals surface area contributed by atoms with E-state index in [1.165, 1.54) is 12.8 Å². The lowest BCUT2D eigenvalue weighted by atomic mass is 10.1. The minimum absolute atomic E-state index is 0.625. The van der Waals surface area contributed by atoms with Gasteiger partial charge in [0.2, 0.25) is 0 Å². The lowest BCUT2D eigenvalue weighted by Crippen LogP contribution is -2.43. The van der Waals surface area contributed by atoms with Crippen molar-refractivity contribution in [3.63, 3.8) is 0 Å². The van der Waals surface area contributed by atoms with Gasteiger partial charge in [-0.05, 0) is 32.7 Å². The van der Waals surface area contributed by atoms with Gasteiger partial charge in [0.05, 0.1) is 5.69 Å². The highest BCUT2D eigenvalue weighted by Gasteiger charge is 2.19. The van der Waals surface area contributed by atoms with Crippen molar-refractivity contribution in [2.45, 2.75) is 30.5 Å². The molecule has 94 valence electrons. The zero-order valence-corrected chi connectivity index (χ0v) is 11.3. The van der Waals surface area contributed by atoms with E-state index >= 15 is 0 Å². The number of likely N-dealkylation sites (N-methyl/N-ethyl adjacent to an activating group) is 1. The Morgan fingerprint density at radius 1 is 1.47 bits per heavy atom. The average molecular weight is 252 g/mol. The zero-order chi connectivity index (χ0) is 12.1. The zero-order valence-electron chi connectivity index (χ0n) is 10.5. The van der Waals surface area contributed by atoms with E-state index in [0.29, 0.717) is 6.04 Å². The van der Waals surface area contributed by atoms with Crippen LogP contribution in [0, 0.1) is 0 Å². The largest absolute Gasteiger partial charge is 0.315 e. The summed E-state index contributed by atoms with van der Waals surface area (Å²) in [5, 5.41) is 4.49. The molecule has 4 nitrogen and oxygen atoms in total. The second-order valence-corrected chi connectivity index (χ2v) is 5.22. The first-order valence-corrected chi connectivity index (χ1v) is 7.28. The Hall–Kier alpha value is -0.650. The molecule has 17 heavy (non-hydrogen) atoms. The molecule has 5 heteroatoms. The normalized spacial score (nSPS) is 20.8. The molecule has 1 fully saturated rings. The van der Waals surface area contributed by atoms with Gasteiger partial charge in [0.1, 0.15) is 5.03 Å². The smallest absolute Gasteiger partial charge is 0.119 e. The highest BCUT2D eigenvalue weighted by Crippen LogP contribution is 2.18. The number of hydrogen-bond acceptors (Lipinski definition) is 5. The van der Waals surface area contributed by atoms with Gasteiger partial charge in [-0.1, -0.05) is 0 Å². The summed E-state index contributed by atoms with van der Waals surface area (Å²) in [6.45, 7) is 3.13. The third-order valence-corrected chi connectivity index (χ3v) is 3.95. The van der Waals surface area contributed by atoms with Gasteiger partial charge in [-0.2, -0.15) is 0 Å². The van der Waals surface area contributed by atoms with E-state index in [2.05, 4.69) is 33.5 Å². The van der Waals surface area contributed by atoms with E-state index in [1.54, 1.807) is 24.2 Å². The van der Waals surface area contributed by atoms with Gasteiger partial charge in [-0.25, -0.2) is 4.98 Å². The molecule has 1 aromatic heterocycles. The molecular weight excluding hydrogens is 232 g/mol. The topological polar surface area (TPSA) is 41.1 Å². The third kappa shape index (κ3) is 3.40. The Kier molecular flexibility index (Phi) is 4.76. The van der Waals surface area contributed by atoms with E-state index in [1.807, 2.05) is 0 Å². The van der Waals surface area contributed by atoms with Crippen molar-refractivity contribution in [1.82, 2.24) is 20.2 Å². The van der Waals surface area contributed by atoms with Crippen LogP contribution in [0.5, 0.6) is 0 Å². The van der Waals surface area contributed by atoms with Crippen LogP contribution in [0.25, 0.3) is 0 Å². The van der Waals surface area contributed by atoms with Gasteiger partial charge in [0.15, 0.2) is 0 Å². The summed E-state index contributed by atoms with van der Waals surface area (Å²) in [6, 6.07) is 0.625. The van der Waals surface area contributed by atoms with Crippen LogP contribution in [0.4, 0.5) is 0 Å². The number of hydrogen-bond donors (Lipinski definition) is 1. The van der Waals surface area contributed by atoms with Gasteiger partial charge >= 0.3 is 0 Å². The summed E-state index contributed by atoms with van der Waals surface area (Å²) in [7, 11) is 2.18. The van der Waals surface area contributed by atoms with Crippen LogP contribution in [-0.2, 0) is 6.54 Å². The molecule has 2 rings (SSSR count). The van der Waals surface area contributed by atoms with Gasteiger partial charge < -0.3 is 5.32 Å². The van der Waals surface area contributed by atoms with E-state index in [-0.39, 0.29) is 0 Å². The van der Waals surface area contributed by atoms with E-state index < -0.39 is 0 Å². The van der Waals surface area contributed by atoms with Crippen LogP contribution in [0.3, 0.4) is 0 Å². The second-order valence-electron chi connectivity index (χ2n) is 4.43. The fraction of sp³-hybridized carbons (Fsp3) is 0.667. The Morgan fingerprint density at radius 2 is 2.29 bits per heavy atom. The number of aromatic nitrogens is 2. The molecular formula is C12H20N4S. The summed E-state index contributed by atoms with van der Waals surface area (Å²) in [6.07, 6.45) is 8.14. The van der Waals surface area contributed by atoms with Crippen LogP contribution >= 0.6 is 11.8 Å². The minimum Gasteiger partial charge on any atom is -0.315 e. The molecule has 2 heterocycles. The van der Waals surface area contributed by atoms with Crippen molar-refractivity contribution in [3.8, 4) is 0 Å². The monoisotopic (exact) mass is 252 g/mol. The third-order valence-electron chi connectivity index (χ3n) is 3.22. The SMILES string of the molecule is CSc1nccnc1CN(C)[C@@H]1CCCNC1. The molecule has 0 saturated carbocycles. The fourth-order valence-corrected chi connectivity index (χ4v) is 2.73. The van der Waals surface area contributed by atoms with Crippen LogP contribution in [0.2, 0.25) is 0 Å². The Bertz CT molecular complexity index is 352. The first kappa shape index (κ1) is 12.8. The average Bonchev–Trinajstić information content (AvgIpc) is 2.40. The predicted molar refractivity (Wildman–Crippen MR) is 71.2 cm³/mol. The quantitative estimate of drug-likeness (QED) is 0.820. The van der Waals surface area contributed by atoms with E-state index in [9.17, 15) is 0 Å². The first-order chi connectivity index (χ1) is 8.31. The van der Waals surface area contributed by atoms with Gasteiger partial charge in [-0.3, -0.25) is 9.88 Å². The Labute approximate surface area is 107 Å². The van der Waals surface area contributed by atoms with Crippen molar-refractivity contribution in [1.29, 1.82) is 0 Å². The number of rotatable bonds is 4.